The highest BCUT2D eigenvalue weighted by atomic mass is 19.1. The smallest absolute Gasteiger partial charge is 0.252 e. The van der Waals surface area contributed by atoms with Crippen LogP contribution >= 0.6 is 0 Å². The molecule has 0 amide bonds. The van der Waals surface area contributed by atoms with Gasteiger partial charge in [0.25, 0.3) is 5.88 Å². The van der Waals surface area contributed by atoms with Crippen LogP contribution in [0.2, 0.25) is 0 Å². The summed E-state index contributed by atoms with van der Waals surface area (Å²) in [5.74, 6) is -0.262. The van der Waals surface area contributed by atoms with Crippen molar-refractivity contribution in [3.8, 4) is 11.6 Å². The van der Waals surface area contributed by atoms with E-state index in [2.05, 4.69) is 10.3 Å². The average Bonchev–Trinajstić information content (AvgIpc) is 2.71. The monoisotopic (exact) mass is 375 g/mol. The number of fused-ring (bicyclic) bond motifs is 1. The predicted octanol–water partition coefficient (Wildman–Crippen LogP) is 4.67. The van der Waals surface area contributed by atoms with E-state index in [1.54, 1.807) is 11.5 Å². The molecule has 0 saturated carbocycles. The fourth-order valence-electron chi connectivity index (χ4n) is 3.03. The number of nitrogens with zero attached hydrogens (tertiary/aromatic N) is 2. The Kier molecular flexibility index (Phi) is 4.76. The van der Waals surface area contributed by atoms with Crippen molar-refractivity contribution in [2.45, 2.75) is 6.92 Å². The molecule has 0 radical (unpaired) electrons. The van der Waals surface area contributed by atoms with E-state index in [0.717, 1.165) is 11.4 Å². The van der Waals surface area contributed by atoms with Gasteiger partial charge in [-0.25, -0.2) is 4.39 Å². The van der Waals surface area contributed by atoms with Crippen molar-refractivity contribution in [3.63, 3.8) is 0 Å². The first-order chi connectivity index (χ1) is 13.7. The normalized spacial score (nSPS) is 10.8. The van der Waals surface area contributed by atoms with Gasteiger partial charge in [-0.15, -0.1) is 0 Å². The lowest BCUT2D eigenvalue weighted by atomic mass is 10.2. The van der Waals surface area contributed by atoms with Gasteiger partial charge in [-0.05, 0) is 37.3 Å². The second kappa shape index (κ2) is 7.52. The highest BCUT2D eigenvalue weighted by Crippen LogP contribution is 2.27. The van der Waals surface area contributed by atoms with Crippen LogP contribution in [0, 0.1) is 5.82 Å². The van der Waals surface area contributed by atoms with Crippen molar-refractivity contribution < 1.29 is 9.13 Å². The molecule has 0 saturated heterocycles. The topological polar surface area (TPSA) is 56.1 Å². The van der Waals surface area contributed by atoms with E-state index in [0.29, 0.717) is 11.5 Å². The van der Waals surface area contributed by atoms with E-state index < -0.39 is 5.82 Å². The van der Waals surface area contributed by atoms with E-state index in [4.69, 9.17) is 4.74 Å². The van der Waals surface area contributed by atoms with Crippen LogP contribution in [0.4, 0.5) is 15.9 Å². The van der Waals surface area contributed by atoms with E-state index in [1.807, 2.05) is 60.7 Å². The number of halogens is 1. The number of hydrogen-bond acceptors (Lipinski definition) is 4. The molecule has 0 unspecified atom stereocenters. The third kappa shape index (κ3) is 3.32. The molecule has 2 aromatic carbocycles. The van der Waals surface area contributed by atoms with Gasteiger partial charge < -0.3 is 10.1 Å². The van der Waals surface area contributed by atoms with Gasteiger partial charge in [0.15, 0.2) is 16.9 Å². The Bertz CT molecular complexity index is 1180. The third-order valence-electron chi connectivity index (χ3n) is 4.25. The molecule has 28 heavy (non-hydrogen) atoms. The number of anilines is 2. The molecule has 0 fully saturated rings. The first-order valence-electron chi connectivity index (χ1n) is 8.94. The Morgan fingerprint density at radius 2 is 1.71 bits per heavy atom. The summed E-state index contributed by atoms with van der Waals surface area (Å²) in [5, 5.41) is 3.44. The first-order valence-corrected chi connectivity index (χ1v) is 8.94. The van der Waals surface area contributed by atoms with Gasteiger partial charge in [-0.2, -0.15) is 4.98 Å². The molecule has 0 atom stereocenters. The molecule has 4 aromatic rings. The van der Waals surface area contributed by atoms with E-state index in [9.17, 15) is 9.18 Å². The summed E-state index contributed by atoms with van der Waals surface area (Å²) in [4.78, 5) is 17.0. The van der Waals surface area contributed by atoms with Crippen molar-refractivity contribution in [1.82, 2.24) is 9.55 Å². The fraction of sp³-hybridized carbons (Fsp3) is 0.0909. The molecule has 2 heterocycles. The van der Waals surface area contributed by atoms with Gasteiger partial charge in [0.05, 0.1) is 12.0 Å². The van der Waals surface area contributed by atoms with E-state index in [-0.39, 0.29) is 23.3 Å². The Balaban J connectivity index is 2.02. The molecule has 6 heteroatoms. The van der Waals surface area contributed by atoms with Gasteiger partial charge in [0.2, 0.25) is 0 Å². The summed E-state index contributed by atoms with van der Waals surface area (Å²) in [6, 6.07) is 21.6. The lowest BCUT2D eigenvalue weighted by molar-refractivity contribution is 0.308. The number of ether oxygens (including phenoxy) is 1. The summed E-state index contributed by atoms with van der Waals surface area (Å²) >= 11 is 0. The van der Waals surface area contributed by atoms with Gasteiger partial charge in [-0.1, -0.05) is 36.4 Å². The fourth-order valence-corrected chi connectivity index (χ4v) is 3.03. The van der Waals surface area contributed by atoms with Crippen molar-refractivity contribution >= 4 is 22.5 Å². The van der Waals surface area contributed by atoms with Crippen LogP contribution in [0.15, 0.2) is 77.6 Å². The minimum atomic E-state index is -0.658. The van der Waals surface area contributed by atoms with Crippen molar-refractivity contribution in [1.29, 1.82) is 0 Å². The Hall–Kier alpha value is -3.67. The zero-order chi connectivity index (χ0) is 19.5. The van der Waals surface area contributed by atoms with E-state index in [1.165, 1.54) is 12.1 Å². The number of para-hydroxylation sites is 2. The summed E-state index contributed by atoms with van der Waals surface area (Å²) in [7, 11) is 0. The lowest BCUT2D eigenvalue weighted by Crippen LogP contribution is -2.14. The summed E-state index contributed by atoms with van der Waals surface area (Å²) in [5.41, 5.74) is 1.60. The molecular weight excluding hydrogens is 357 g/mol. The van der Waals surface area contributed by atoms with Crippen LogP contribution in [-0.4, -0.2) is 16.2 Å². The highest BCUT2D eigenvalue weighted by Gasteiger charge is 2.17. The predicted molar refractivity (Wildman–Crippen MR) is 108 cm³/mol. The van der Waals surface area contributed by atoms with Gasteiger partial charge >= 0.3 is 0 Å². The van der Waals surface area contributed by atoms with Crippen LogP contribution in [0.5, 0.6) is 5.88 Å². The first kappa shape index (κ1) is 17.7. The van der Waals surface area contributed by atoms with Gasteiger partial charge in [0.1, 0.15) is 5.82 Å². The highest BCUT2D eigenvalue weighted by molar-refractivity contribution is 5.81. The van der Waals surface area contributed by atoms with E-state index >= 15 is 0 Å². The number of pyridine rings is 2. The maximum absolute atomic E-state index is 14.3. The van der Waals surface area contributed by atoms with Crippen molar-refractivity contribution in [2.75, 3.05) is 11.9 Å². The van der Waals surface area contributed by atoms with Crippen LogP contribution in [-0.2, 0) is 0 Å². The standard InChI is InChI=1S/C22H18FN3O2/c1-2-28-22-18(23)13-17-19(27)14-20(24-15-9-5-3-6-10-15)26(21(17)25-22)16-11-7-4-8-12-16/h3-14,24H,2H2,1H3. The molecule has 140 valence electrons. The minimum Gasteiger partial charge on any atom is -0.476 e. The van der Waals surface area contributed by atoms with Crippen LogP contribution in [0.3, 0.4) is 0 Å². The number of rotatable bonds is 5. The second-order valence-electron chi connectivity index (χ2n) is 6.14. The second-order valence-corrected chi connectivity index (χ2v) is 6.14. The third-order valence-corrected chi connectivity index (χ3v) is 4.25. The summed E-state index contributed by atoms with van der Waals surface area (Å²) in [6.45, 7) is 2.02. The molecule has 0 bridgehead atoms. The Labute approximate surface area is 161 Å². The molecule has 5 nitrogen and oxygen atoms in total. The zero-order valence-electron chi connectivity index (χ0n) is 15.2. The summed E-state index contributed by atoms with van der Waals surface area (Å²) < 4.78 is 21.4. The van der Waals surface area contributed by atoms with Gasteiger partial charge in [-0.3, -0.25) is 9.36 Å². The molecule has 2 aromatic heterocycles. The molecule has 4 rings (SSSR count). The number of aromatic nitrogens is 2. The van der Waals surface area contributed by atoms with Crippen molar-refractivity contribution in [3.05, 3.63) is 88.8 Å². The number of benzene rings is 2. The van der Waals surface area contributed by atoms with Crippen LogP contribution in [0.25, 0.3) is 16.7 Å². The van der Waals surface area contributed by atoms with Gasteiger partial charge in [0, 0.05) is 17.4 Å². The Morgan fingerprint density at radius 3 is 2.39 bits per heavy atom. The maximum atomic E-state index is 14.3. The lowest BCUT2D eigenvalue weighted by Gasteiger charge is -2.18. The van der Waals surface area contributed by atoms with Crippen LogP contribution in [0.1, 0.15) is 6.92 Å². The number of hydrogen-bond donors (Lipinski definition) is 1. The number of nitrogens with one attached hydrogen (secondary N) is 1. The molecule has 0 aliphatic carbocycles. The SMILES string of the molecule is CCOc1nc2c(cc1F)c(=O)cc(Nc1ccccc1)n2-c1ccccc1. The average molecular weight is 375 g/mol. The molecule has 0 aliphatic heterocycles. The maximum Gasteiger partial charge on any atom is 0.252 e. The van der Waals surface area contributed by atoms with Crippen LogP contribution < -0.4 is 15.5 Å². The quantitative estimate of drug-likeness (QED) is 0.551. The largest absolute Gasteiger partial charge is 0.476 e. The Morgan fingerprint density at radius 1 is 1.04 bits per heavy atom. The minimum absolute atomic E-state index is 0.129. The molecule has 1 N–H and O–H groups in total. The van der Waals surface area contributed by atoms with Crippen molar-refractivity contribution in [2.24, 2.45) is 0 Å². The molecular formula is C22H18FN3O2. The zero-order valence-corrected chi connectivity index (χ0v) is 15.2. The molecule has 0 spiro atoms. The summed E-state index contributed by atoms with van der Waals surface area (Å²) in [6.07, 6.45) is 0. The molecule has 0 aliphatic rings.